The summed E-state index contributed by atoms with van der Waals surface area (Å²) < 4.78 is 2.04. The molecule has 1 unspecified atom stereocenters. The van der Waals surface area contributed by atoms with Gasteiger partial charge in [-0.25, -0.2) is 4.98 Å². The summed E-state index contributed by atoms with van der Waals surface area (Å²) in [5.74, 6) is 1.12. The summed E-state index contributed by atoms with van der Waals surface area (Å²) in [5, 5.41) is 3.30. The van der Waals surface area contributed by atoms with Gasteiger partial charge in [0.1, 0.15) is 0 Å². The van der Waals surface area contributed by atoms with Crippen LogP contribution in [0.5, 0.6) is 0 Å². The Labute approximate surface area is 120 Å². The minimum atomic E-state index is -0.147. The number of hydrogen-bond acceptors (Lipinski definition) is 4. The molecular formula is C14H25N5O. The van der Waals surface area contributed by atoms with Crippen molar-refractivity contribution in [1.82, 2.24) is 19.8 Å². The van der Waals surface area contributed by atoms with Crippen LogP contribution in [-0.4, -0.2) is 53.6 Å². The second kappa shape index (κ2) is 6.26. The maximum atomic E-state index is 12.2. The molecule has 2 rings (SSSR count). The SMILES string of the molecule is CC(NCc1cnc(N(C)C)n1C)C(=O)N1CCCC1. The summed E-state index contributed by atoms with van der Waals surface area (Å²) >= 11 is 0. The van der Waals surface area contributed by atoms with Gasteiger partial charge in [0, 0.05) is 40.8 Å². The molecule has 1 N–H and O–H groups in total. The molecule has 1 aromatic rings. The van der Waals surface area contributed by atoms with E-state index < -0.39 is 0 Å². The Bertz CT molecular complexity index is 462. The van der Waals surface area contributed by atoms with Crippen LogP contribution in [0.3, 0.4) is 0 Å². The number of anilines is 1. The van der Waals surface area contributed by atoms with E-state index in [9.17, 15) is 4.79 Å². The highest BCUT2D eigenvalue weighted by atomic mass is 16.2. The van der Waals surface area contributed by atoms with Gasteiger partial charge < -0.3 is 19.7 Å². The number of nitrogens with zero attached hydrogens (tertiary/aromatic N) is 4. The van der Waals surface area contributed by atoms with Crippen LogP contribution in [0.1, 0.15) is 25.5 Å². The number of nitrogens with one attached hydrogen (secondary N) is 1. The van der Waals surface area contributed by atoms with Gasteiger partial charge in [0.15, 0.2) is 0 Å². The number of imidazole rings is 1. The van der Waals surface area contributed by atoms with Crippen LogP contribution in [-0.2, 0) is 18.4 Å². The largest absolute Gasteiger partial charge is 0.348 e. The summed E-state index contributed by atoms with van der Waals surface area (Å²) in [5.41, 5.74) is 1.08. The monoisotopic (exact) mass is 279 g/mol. The zero-order valence-corrected chi connectivity index (χ0v) is 12.9. The fourth-order valence-electron chi connectivity index (χ4n) is 2.57. The highest BCUT2D eigenvalue weighted by Gasteiger charge is 2.23. The minimum Gasteiger partial charge on any atom is -0.348 e. The van der Waals surface area contributed by atoms with Crippen molar-refractivity contribution >= 4 is 11.9 Å². The van der Waals surface area contributed by atoms with Gasteiger partial charge in [0.2, 0.25) is 11.9 Å². The van der Waals surface area contributed by atoms with Crippen molar-refractivity contribution in [2.24, 2.45) is 7.05 Å². The third kappa shape index (κ3) is 3.12. The molecule has 0 aromatic carbocycles. The van der Waals surface area contributed by atoms with E-state index in [1.165, 1.54) is 0 Å². The van der Waals surface area contributed by atoms with Gasteiger partial charge in [-0.1, -0.05) is 0 Å². The molecule has 1 fully saturated rings. The second-order valence-electron chi connectivity index (χ2n) is 5.64. The first-order valence-electron chi connectivity index (χ1n) is 7.20. The molecule has 1 atom stereocenters. The molecule has 6 nitrogen and oxygen atoms in total. The molecule has 6 heteroatoms. The number of carbonyl (C=O) groups excluding carboxylic acids is 1. The van der Waals surface area contributed by atoms with Gasteiger partial charge in [0.25, 0.3) is 0 Å². The molecule has 0 radical (unpaired) electrons. The molecular weight excluding hydrogens is 254 g/mol. The van der Waals surface area contributed by atoms with E-state index in [-0.39, 0.29) is 11.9 Å². The zero-order chi connectivity index (χ0) is 14.7. The molecule has 0 aliphatic carbocycles. The first kappa shape index (κ1) is 14.8. The van der Waals surface area contributed by atoms with Crippen molar-refractivity contribution < 1.29 is 4.79 Å². The quantitative estimate of drug-likeness (QED) is 0.857. The summed E-state index contributed by atoms with van der Waals surface area (Å²) in [6.07, 6.45) is 4.12. The highest BCUT2D eigenvalue weighted by Crippen LogP contribution is 2.12. The van der Waals surface area contributed by atoms with E-state index >= 15 is 0 Å². The van der Waals surface area contributed by atoms with Crippen molar-refractivity contribution in [2.75, 3.05) is 32.1 Å². The van der Waals surface area contributed by atoms with Crippen LogP contribution >= 0.6 is 0 Å². The van der Waals surface area contributed by atoms with E-state index in [1.807, 2.05) is 48.6 Å². The summed E-state index contributed by atoms with van der Waals surface area (Å²) in [6, 6.07) is -0.147. The Hall–Kier alpha value is -1.56. The van der Waals surface area contributed by atoms with Gasteiger partial charge in [-0.3, -0.25) is 4.79 Å². The fraction of sp³-hybridized carbons (Fsp3) is 0.714. The number of hydrogen-bond donors (Lipinski definition) is 1. The van der Waals surface area contributed by atoms with Crippen molar-refractivity contribution in [2.45, 2.75) is 32.4 Å². The third-order valence-electron chi connectivity index (χ3n) is 3.84. The lowest BCUT2D eigenvalue weighted by Gasteiger charge is -2.21. The Balaban J connectivity index is 1.89. The van der Waals surface area contributed by atoms with Crippen LogP contribution in [0.4, 0.5) is 5.95 Å². The van der Waals surface area contributed by atoms with Gasteiger partial charge in [0.05, 0.1) is 17.9 Å². The topological polar surface area (TPSA) is 53.4 Å². The average Bonchev–Trinajstić information content (AvgIpc) is 3.04. The van der Waals surface area contributed by atoms with Crippen molar-refractivity contribution in [1.29, 1.82) is 0 Å². The number of aromatic nitrogens is 2. The maximum Gasteiger partial charge on any atom is 0.239 e. The molecule has 0 spiro atoms. The molecule has 1 aromatic heterocycles. The van der Waals surface area contributed by atoms with Crippen LogP contribution in [0.25, 0.3) is 0 Å². The maximum absolute atomic E-state index is 12.2. The molecule has 1 aliphatic heterocycles. The molecule has 20 heavy (non-hydrogen) atoms. The lowest BCUT2D eigenvalue weighted by Crippen LogP contribution is -2.43. The van der Waals surface area contributed by atoms with E-state index in [1.54, 1.807) is 0 Å². The average molecular weight is 279 g/mol. The Kier molecular flexibility index (Phi) is 4.65. The first-order chi connectivity index (χ1) is 9.50. The van der Waals surface area contributed by atoms with E-state index in [0.29, 0.717) is 6.54 Å². The summed E-state index contributed by atoms with van der Waals surface area (Å²) in [4.78, 5) is 20.5. The van der Waals surface area contributed by atoms with Crippen LogP contribution in [0, 0.1) is 0 Å². The zero-order valence-electron chi connectivity index (χ0n) is 12.9. The standard InChI is InChI=1S/C14H25N5O/c1-11(13(20)19-7-5-6-8-19)15-9-12-10-16-14(17(2)3)18(12)4/h10-11,15H,5-9H2,1-4H3. The molecule has 112 valence electrons. The van der Waals surface area contributed by atoms with E-state index in [0.717, 1.165) is 37.6 Å². The lowest BCUT2D eigenvalue weighted by atomic mass is 10.3. The Morgan fingerprint density at radius 2 is 2.10 bits per heavy atom. The molecule has 0 saturated carbocycles. The minimum absolute atomic E-state index is 0.147. The molecule has 0 bridgehead atoms. The molecule has 2 heterocycles. The van der Waals surface area contributed by atoms with Crippen LogP contribution < -0.4 is 10.2 Å². The smallest absolute Gasteiger partial charge is 0.239 e. The van der Waals surface area contributed by atoms with Crippen LogP contribution in [0.15, 0.2) is 6.20 Å². The predicted octanol–water partition coefficient (Wildman–Crippen LogP) is 0.587. The van der Waals surface area contributed by atoms with E-state index in [2.05, 4.69) is 10.3 Å². The predicted molar refractivity (Wildman–Crippen MR) is 79.7 cm³/mol. The van der Waals surface area contributed by atoms with Crippen molar-refractivity contribution in [3.05, 3.63) is 11.9 Å². The van der Waals surface area contributed by atoms with Gasteiger partial charge in [-0.15, -0.1) is 0 Å². The number of likely N-dealkylation sites (tertiary alicyclic amines) is 1. The van der Waals surface area contributed by atoms with E-state index in [4.69, 9.17) is 0 Å². The van der Waals surface area contributed by atoms with Crippen molar-refractivity contribution in [3.63, 3.8) is 0 Å². The summed E-state index contributed by atoms with van der Waals surface area (Å²) in [7, 11) is 5.93. The summed E-state index contributed by atoms with van der Waals surface area (Å²) in [6.45, 7) is 4.39. The number of amides is 1. The Morgan fingerprint density at radius 3 is 2.65 bits per heavy atom. The van der Waals surface area contributed by atoms with Gasteiger partial charge >= 0.3 is 0 Å². The lowest BCUT2D eigenvalue weighted by molar-refractivity contribution is -0.132. The first-order valence-corrected chi connectivity index (χ1v) is 7.20. The third-order valence-corrected chi connectivity index (χ3v) is 3.84. The molecule has 1 saturated heterocycles. The molecule has 1 amide bonds. The van der Waals surface area contributed by atoms with Crippen molar-refractivity contribution in [3.8, 4) is 0 Å². The highest BCUT2D eigenvalue weighted by molar-refractivity contribution is 5.81. The normalized spacial score (nSPS) is 16.5. The van der Waals surface area contributed by atoms with Gasteiger partial charge in [-0.05, 0) is 19.8 Å². The second-order valence-corrected chi connectivity index (χ2v) is 5.64. The fourth-order valence-corrected chi connectivity index (χ4v) is 2.57. The van der Waals surface area contributed by atoms with Gasteiger partial charge in [-0.2, -0.15) is 0 Å². The number of carbonyl (C=O) groups is 1. The molecule has 1 aliphatic rings. The number of rotatable bonds is 5. The Morgan fingerprint density at radius 1 is 1.45 bits per heavy atom. The van der Waals surface area contributed by atoms with Crippen LogP contribution in [0.2, 0.25) is 0 Å².